The highest BCUT2D eigenvalue weighted by atomic mass is 16.6. The summed E-state index contributed by atoms with van der Waals surface area (Å²) in [6.07, 6.45) is 1.35. The number of Topliss-reactive ketones (excluding diaryl/α,β-unsaturated/α-hetero) is 1. The first-order valence-corrected chi connectivity index (χ1v) is 7.81. The second-order valence-electron chi connectivity index (χ2n) is 6.31. The van der Waals surface area contributed by atoms with Crippen molar-refractivity contribution in [3.8, 4) is 0 Å². The summed E-state index contributed by atoms with van der Waals surface area (Å²) < 4.78 is 10.7. The number of ether oxygens (including phenoxy) is 2. The zero-order valence-corrected chi connectivity index (χ0v) is 14.4. The van der Waals surface area contributed by atoms with Crippen LogP contribution in [0.25, 0.3) is 0 Å². The molecule has 0 atom stereocenters. The smallest absolute Gasteiger partial charge is 0.409 e. The lowest BCUT2D eigenvalue weighted by Gasteiger charge is -2.31. The molecule has 5 heteroatoms. The van der Waals surface area contributed by atoms with E-state index in [0.29, 0.717) is 19.7 Å². The second-order valence-corrected chi connectivity index (χ2v) is 6.31. The highest BCUT2D eigenvalue weighted by molar-refractivity contribution is 5.76. The van der Waals surface area contributed by atoms with Crippen LogP contribution < -0.4 is 0 Å². The van der Waals surface area contributed by atoms with Gasteiger partial charge < -0.3 is 14.4 Å². The molecule has 0 unspecified atom stereocenters. The fourth-order valence-corrected chi connectivity index (χ4v) is 1.81. The highest BCUT2D eigenvalue weighted by Crippen LogP contribution is 2.17. The molecule has 0 saturated carbocycles. The number of nitrogens with zero attached hydrogens (tertiary/aromatic N) is 1. The summed E-state index contributed by atoms with van der Waals surface area (Å²) in [4.78, 5) is 24.4. The molecule has 1 fully saturated rings. The normalized spacial score (nSPS) is 16.0. The lowest BCUT2D eigenvalue weighted by Crippen LogP contribution is -2.42. The summed E-state index contributed by atoms with van der Waals surface area (Å²) in [7, 11) is 0. The predicted octanol–water partition coefficient (Wildman–Crippen LogP) is 3.27. The van der Waals surface area contributed by atoms with Gasteiger partial charge in [-0.25, -0.2) is 4.79 Å². The molecule has 1 aliphatic heterocycles. The number of hydrogen-bond acceptors (Lipinski definition) is 4. The van der Waals surface area contributed by atoms with Crippen LogP contribution in [0.4, 0.5) is 4.79 Å². The topological polar surface area (TPSA) is 55.8 Å². The number of likely N-dealkylation sites (tertiary alicyclic amines) is 1. The van der Waals surface area contributed by atoms with Crippen molar-refractivity contribution in [1.82, 2.24) is 4.90 Å². The monoisotopic (exact) mass is 301 g/mol. The molecule has 0 N–H and O–H groups in total. The molecule has 124 valence electrons. The van der Waals surface area contributed by atoms with Crippen molar-refractivity contribution in [1.29, 1.82) is 0 Å². The summed E-state index contributed by atoms with van der Waals surface area (Å²) in [5.41, 5.74) is -0.0153. The lowest BCUT2D eigenvalue weighted by molar-refractivity contribution is -0.124. The van der Waals surface area contributed by atoms with Gasteiger partial charge in [-0.3, -0.25) is 4.79 Å². The summed E-state index contributed by atoms with van der Waals surface area (Å²) in [6, 6.07) is 0. The maximum atomic E-state index is 11.8. The highest BCUT2D eigenvalue weighted by Gasteiger charge is 2.25. The molecule has 0 aliphatic carbocycles. The van der Waals surface area contributed by atoms with Crippen LogP contribution in [0.3, 0.4) is 0 Å². The number of piperidine rings is 1. The Morgan fingerprint density at radius 1 is 1.14 bits per heavy atom. The first kappa shape index (κ1) is 19.9. The number of ketones is 1. The van der Waals surface area contributed by atoms with Crippen molar-refractivity contribution in [2.45, 2.75) is 60.5 Å². The van der Waals surface area contributed by atoms with E-state index in [2.05, 4.69) is 0 Å². The average Bonchev–Trinajstić information content (AvgIpc) is 2.44. The number of rotatable bonds is 4. The van der Waals surface area contributed by atoms with Gasteiger partial charge >= 0.3 is 6.09 Å². The Hall–Kier alpha value is -1.10. The molecule has 0 spiro atoms. The third-order valence-electron chi connectivity index (χ3n) is 2.85. The van der Waals surface area contributed by atoms with E-state index in [0.717, 1.165) is 12.8 Å². The molecule has 0 aromatic heterocycles. The van der Waals surface area contributed by atoms with Crippen molar-refractivity contribution in [2.24, 2.45) is 5.41 Å². The largest absolute Gasteiger partial charge is 0.449 e. The van der Waals surface area contributed by atoms with Crippen LogP contribution in [-0.4, -0.2) is 49.2 Å². The Morgan fingerprint density at radius 2 is 1.67 bits per heavy atom. The molecule has 0 aromatic carbocycles. The standard InChI is InChI=1S/C14H25NO4.C2H6/c1-11(16)9-18-12-5-7-15(8-6-12)13(17)19-10-14(2,3)4;1-2/h12H,5-10H2,1-4H3;1-2H3. The van der Waals surface area contributed by atoms with Gasteiger partial charge in [-0.1, -0.05) is 34.6 Å². The molecular formula is C16H31NO4. The summed E-state index contributed by atoms with van der Waals surface area (Å²) >= 11 is 0. The van der Waals surface area contributed by atoms with Crippen molar-refractivity contribution in [2.75, 3.05) is 26.3 Å². The van der Waals surface area contributed by atoms with Crippen LogP contribution in [-0.2, 0) is 14.3 Å². The number of carbonyl (C=O) groups is 2. The van der Waals surface area contributed by atoms with E-state index in [1.54, 1.807) is 4.90 Å². The fourth-order valence-electron chi connectivity index (χ4n) is 1.81. The van der Waals surface area contributed by atoms with E-state index in [9.17, 15) is 9.59 Å². The van der Waals surface area contributed by atoms with Crippen molar-refractivity contribution in [3.63, 3.8) is 0 Å². The Balaban J connectivity index is 0.00000191. The molecule has 21 heavy (non-hydrogen) atoms. The molecule has 0 bridgehead atoms. The van der Waals surface area contributed by atoms with Crippen molar-refractivity contribution < 1.29 is 19.1 Å². The van der Waals surface area contributed by atoms with E-state index in [1.165, 1.54) is 6.92 Å². The SMILES string of the molecule is CC.CC(=O)COC1CCN(C(=O)OCC(C)(C)C)CC1. The second kappa shape index (κ2) is 9.77. The molecular weight excluding hydrogens is 270 g/mol. The minimum atomic E-state index is -0.250. The van der Waals surface area contributed by atoms with Crippen LogP contribution in [0.2, 0.25) is 0 Å². The van der Waals surface area contributed by atoms with Gasteiger partial charge in [0.15, 0.2) is 5.78 Å². The van der Waals surface area contributed by atoms with E-state index in [-0.39, 0.29) is 30.0 Å². The molecule has 1 aliphatic rings. The van der Waals surface area contributed by atoms with Gasteiger partial charge in [-0.15, -0.1) is 0 Å². The van der Waals surface area contributed by atoms with E-state index < -0.39 is 0 Å². The molecule has 0 aromatic rings. The summed E-state index contributed by atoms with van der Waals surface area (Å²) in [5.74, 6) is 0.0343. The van der Waals surface area contributed by atoms with E-state index in [4.69, 9.17) is 9.47 Å². The Labute approximate surface area is 129 Å². The van der Waals surface area contributed by atoms with Gasteiger partial charge in [0.05, 0.1) is 12.7 Å². The van der Waals surface area contributed by atoms with Crippen molar-refractivity contribution >= 4 is 11.9 Å². The van der Waals surface area contributed by atoms with Gasteiger partial charge in [-0.05, 0) is 25.2 Å². The number of carbonyl (C=O) groups excluding carboxylic acids is 2. The average molecular weight is 301 g/mol. The fraction of sp³-hybridized carbons (Fsp3) is 0.875. The van der Waals surface area contributed by atoms with Crippen LogP contribution in [0.5, 0.6) is 0 Å². The zero-order chi connectivity index (χ0) is 16.5. The first-order chi connectivity index (χ1) is 9.78. The van der Waals surface area contributed by atoms with Crippen LogP contribution in [0.1, 0.15) is 54.4 Å². The van der Waals surface area contributed by atoms with Gasteiger partial charge in [0.2, 0.25) is 0 Å². The molecule has 1 rings (SSSR count). The van der Waals surface area contributed by atoms with Gasteiger partial charge in [0, 0.05) is 13.1 Å². The molecule has 1 heterocycles. The molecule has 0 radical (unpaired) electrons. The summed E-state index contributed by atoms with van der Waals surface area (Å²) in [6.45, 7) is 13.5. The summed E-state index contributed by atoms with van der Waals surface area (Å²) in [5, 5.41) is 0. The molecule has 1 saturated heterocycles. The minimum absolute atomic E-state index is 0.0153. The van der Waals surface area contributed by atoms with Crippen LogP contribution in [0, 0.1) is 5.41 Å². The van der Waals surface area contributed by atoms with Gasteiger partial charge in [0.1, 0.15) is 6.61 Å². The lowest BCUT2D eigenvalue weighted by atomic mass is 9.99. The Morgan fingerprint density at radius 3 is 2.10 bits per heavy atom. The van der Waals surface area contributed by atoms with E-state index >= 15 is 0 Å². The van der Waals surface area contributed by atoms with Gasteiger partial charge in [-0.2, -0.15) is 0 Å². The first-order valence-electron chi connectivity index (χ1n) is 7.81. The van der Waals surface area contributed by atoms with E-state index in [1.807, 2.05) is 34.6 Å². The minimum Gasteiger partial charge on any atom is -0.449 e. The maximum Gasteiger partial charge on any atom is 0.409 e. The zero-order valence-electron chi connectivity index (χ0n) is 14.4. The van der Waals surface area contributed by atoms with Crippen LogP contribution >= 0.6 is 0 Å². The third-order valence-corrected chi connectivity index (χ3v) is 2.85. The number of hydrogen-bond donors (Lipinski definition) is 0. The van der Waals surface area contributed by atoms with Gasteiger partial charge in [0.25, 0.3) is 0 Å². The maximum absolute atomic E-state index is 11.8. The quantitative estimate of drug-likeness (QED) is 0.799. The predicted molar refractivity (Wildman–Crippen MR) is 83.4 cm³/mol. The Kier molecular flexibility index (Phi) is 9.26. The third kappa shape index (κ3) is 9.45. The molecule has 1 amide bonds. The van der Waals surface area contributed by atoms with Crippen molar-refractivity contribution in [3.05, 3.63) is 0 Å². The number of amides is 1. The molecule has 5 nitrogen and oxygen atoms in total. The Bertz CT molecular complexity index is 315. The van der Waals surface area contributed by atoms with Crippen LogP contribution in [0.15, 0.2) is 0 Å².